The first-order chi connectivity index (χ1) is 15.3. The van der Waals surface area contributed by atoms with Crippen molar-refractivity contribution in [3.63, 3.8) is 0 Å². The van der Waals surface area contributed by atoms with Crippen LogP contribution in [0.4, 0.5) is 0 Å². The maximum Gasteiger partial charge on any atom is 0.243 e. The predicted octanol–water partition coefficient (Wildman–Crippen LogP) is 4.03. The van der Waals surface area contributed by atoms with Crippen LogP contribution in [0.3, 0.4) is 0 Å². The van der Waals surface area contributed by atoms with Gasteiger partial charge in [0.15, 0.2) is 0 Å². The predicted molar refractivity (Wildman–Crippen MR) is 124 cm³/mol. The van der Waals surface area contributed by atoms with E-state index in [-0.39, 0.29) is 28.4 Å². The lowest BCUT2D eigenvalue weighted by Gasteiger charge is -2.32. The second kappa shape index (κ2) is 10.6. The molecule has 1 saturated heterocycles. The third-order valence-corrected chi connectivity index (χ3v) is 7.73. The third-order valence-electron chi connectivity index (χ3n) is 5.57. The van der Waals surface area contributed by atoms with E-state index in [0.717, 1.165) is 11.3 Å². The van der Waals surface area contributed by atoms with E-state index in [4.69, 9.17) is 21.1 Å². The molecule has 1 fully saturated rings. The number of sulfonamides is 1. The normalized spacial score (nSPS) is 18.1. The van der Waals surface area contributed by atoms with Crippen LogP contribution >= 0.6 is 11.6 Å². The highest BCUT2D eigenvalue weighted by molar-refractivity contribution is 7.89. The topological polar surface area (TPSA) is 84.9 Å². The molecular formula is C23H29ClN2O5S. The van der Waals surface area contributed by atoms with Crippen LogP contribution in [0.5, 0.6) is 11.5 Å². The summed E-state index contributed by atoms with van der Waals surface area (Å²) < 4.78 is 38.2. The van der Waals surface area contributed by atoms with E-state index in [1.807, 2.05) is 38.1 Å². The molecule has 2 aromatic rings. The van der Waals surface area contributed by atoms with Crippen molar-refractivity contribution < 1.29 is 22.7 Å². The van der Waals surface area contributed by atoms with Gasteiger partial charge in [0.2, 0.25) is 15.9 Å². The zero-order valence-corrected chi connectivity index (χ0v) is 20.1. The molecule has 2 aromatic carbocycles. The minimum Gasteiger partial charge on any atom is -0.497 e. The van der Waals surface area contributed by atoms with Crippen molar-refractivity contribution in [2.45, 2.75) is 37.6 Å². The molecular weight excluding hydrogens is 452 g/mol. The van der Waals surface area contributed by atoms with Gasteiger partial charge in [0.05, 0.1) is 35.6 Å². The third kappa shape index (κ3) is 5.54. The van der Waals surface area contributed by atoms with Gasteiger partial charge < -0.3 is 14.8 Å². The van der Waals surface area contributed by atoms with E-state index in [1.165, 1.54) is 16.4 Å². The van der Waals surface area contributed by atoms with Gasteiger partial charge in [-0.25, -0.2) is 8.42 Å². The number of ether oxygens (including phenoxy) is 2. The van der Waals surface area contributed by atoms with Crippen LogP contribution in [0.2, 0.25) is 5.02 Å². The molecule has 7 nitrogen and oxygen atoms in total. The molecule has 0 bridgehead atoms. The molecule has 3 rings (SSSR count). The molecule has 2 atom stereocenters. The van der Waals surface area contributed by atoms with Gasteiger partial charge in [-0.3, -0.25) is 4.79 Å². The minimum atomic E-state index is -3.77. The largest absolute Gasteiger partial charge is 0.497 e. The Morgan fingerprint density at radius 2 is 1.97 bits per heavy atom. The number of carbonyl (C=O) groups excluding carboxylic acids is 1. The van der Waals surface area contributed by atoms with Crippen molar-refractivity contribution in [1.29, 1.82) is 0 Å². The summed E-state index contributed by atoms with van der Waals surface area (Å²) in [5.41, 5.74) is 0.948. The summed E-state index contributed by atoms with van der Waals surface area (Å²) in [4.78, 5) is 13.0. The summed E-state index contributed by atoms with van der Waals surface area (Å²) in [7, 11) is -2.17. The number of piperidine rings is 1. The first kappa shape index (κ1) is 24.4. The lowest BCUT2D eigenvalue weighted by Crippen LogP contribution is -2.45. The highest BCUT2D eigenvalue weighted by Gasteiger charge is 2.34. The SMILES string of the molecule is CCOc1ccc(S(=O)(=O)N2CCC[C@@H](C(=O)N[C@@H](C)c3ccc(OC)cc3)C2)cc1Cl. The number of benzene rings is 2. The van der Waals surface area contributed by atoms with Gasteiger partial charge in [0.1, 0.15) is 11.5 Å². The number of rotatable bonds is 8. The Morgan fingerprint density at radius 1 is 1.25 bits per heavy atom. The molecule has 174 valence electrons. The standard InChI is InChI=1S/C23H29ClN2O5S/c1-4-31-22-12-11-20(14-21(22)24)32(28,29)26-13-5-6-18(15-26)23(27)25-16(2)17-7-9-19(30-3)10-8-17/h7-12,14,16,18H,4-6,13,15H2,1-3H3,(H,25,27)/t16-,18+/m0/s1. The summed E-state index contributed by atoms with van der Waals surface area (Å²) in [6.45, 7) is 4.66. The highest BCUT2D eigenvalue weighted by atomic mass is 35.5. The number of hydrogen-bond acceptors (Lipinski definition) is 5. The Bertz CT molecular complexity index is 1040. The number of methoxy groups -OCH3 is 1. The minimum absolute atomic E-state index is 0.0959. The molecule has 0 aromatic heterocycles. The van der Waals surface area contributed by atoms with E-state index in [9.17, 15) is 13.2 Å². The number of carbonyl (C=O) groups is 1. The zero-order chi connectivity index (χ0) is 23.3. The second-order valence-corrected chi connectivity index (χ2v) is 10.1. The van der Waals surface area contributed by atoms with Gasteiger partial charge in [-0.05, 0) is 62.6 Å². The summed E-state index contributed by atoms with van der Waals surface area (Å²) in [6, 6.07) is 11.7. The molecule has 0 radical (unpaired) electrons. The van der Waals surface area contributed by atoms with Crippen LogP contribution < -0.4 is 14.8 Å². The number of nitrogens with zero attached hydrogens (tertiary/aromatic N) is 1. The Labute approximate surface area is 194 Å². The molecule has 1 N–H and O–H groups in total. The zero-order valence-electron chi connectivity index (χ0n) is 18.5. The van der Waals surface area contributed by atoms with E-state index in [0.29, 0.717) is 31.7 Å². The smallest absolute Gasteiger partial charge is 0.243 e. The number of halogens is 1. The van der Waals surface area contributed by atoms with Crippen molar-refractivity contribution in [2.24, 2.45) is 5.92 Å². The fourth-order valence-corrected chi connectivity index (χ4v) is 5.60. The van der Waals surface area contributed by atoms with E-state index >= 15 is 0 Å². The number of hydrogen-bond donors (Lipinski definition) is 1. The lowest BCUT2D eigenvalue weighted by atomic mass is 9.98. The average molecular weight is 481 g/mol. The first-order valence-electron chi connectivity index (χ1n) is 10.6. The molecule has 0 spiro atoms. The van der Waals surface area contributed by atoms with Crippen molar-refractivity contribution in [2.75, 3.05) is 26.8 Å². The van der Waals surface area contributed by atoms with E-state index in [1.54, 1.807) is 13.2 Å². The van der Waals surface area contributed by atoms with Crippen LogP contribution in [0.25, 0.3) is 0 Å². The average Bonchev–Trinajstić information content (AvgIpc) is 2.80. The number of amides is 1. The highest BCUT2D eigenvalue weighted by Crippen LogP contribution is 2.30. The van der Waals surface area contributed by atoms with Crippen molar-refractivity contribution in [3.8, 4) is 11.5 Å². The maximum atomic E-state index is 13.2. The fourth-order valence-electron chi connectivity index (χ4n) is 3.75. The molecule has 1 heterocycles. The molecule has 0 aliphatic carbocycles. The lowest BCUT2D eigenvalue weighted by molar-refractivity contribution is -0.126. The van der Waals surface area contributed by atoms with Crippen molar-refractivity contribution >= 4 is 27.5 Å². The molecule has 0 saturated carbocycles. The van der Waals surface area contributed by atoms with Gasteiger partial charge in [0, 0.05) is 13.1 Å². The van der Waals surface area contributed by atoms with Crippen LogP contribution in [0.1, 0.15) is 38.3 Å². The van der Waals surface area contributed by atoms with Gasteiger partial charge in [0.25, 0.3) is 0 Å². The molecule has 9 heteroatoms. The second-order valence-electron chi connectivity index (χ2n) is 7.73. The molecule has 32 heavy (non-hydrogen) atoms. The van der Waals surface area contributed by atoms with Crippen LogP contribution in [0.15, 0.2) is 47.4 Å². The molecule has 1 aliphatic rings. The van der Waals surface area contributed by atoms with E-state index in [2.05, 4.69) is 5.32 Å². The maximum absolute atomic E-state index is 13.2. The number of nitrogens with one attached hydrogen (secondary N) is 1. The van der Waals surface area contributed by atoms with Crippen molar-refractivity contribution in [1.82, 2.24) is 9.62 Å². The quantitative estimate of drug-likeness (QED) is 0.616. The summed E-state index contributed by atoms with van der Waals surface area (Å²) in [5, 5.41) is 3.25. The Hall–Kier alpha value is -2.29. The van der Waals surface area contributed by atoms with Gasteiger partial charge in [-0.15, -0.1) is 0 Å². The van der Waals surface area contributed by atoms with Crippen LogP contribution in [0, 0.1) is 5.92 Å². The summed E-state index contributed by atoms with van der Waals surface area (Å²) in [6.07, 6.45) is 1.25. The Kier molecular flexibility index (Phi) is 8.03. The van der Waals surface area contributed by atoms with Crippen LogP contribution in [-0.4, -0.2) is 45.4 Å². The summed E-state index contributed by atoms with van der Waals surface area (Å²) >= 11 is 6.19. The molecule has 1 aliphatic heterocycles. The Balaban J connectivity index is 1.68. The van der Waals surface area contributed by atoms with Crippen molar-refractivity contribution in [3.05, 3.63) is 53.1 Å². The Morgan fingerprint density at radius 3 is 2.59 bits per heavy atom. The monoisotopic (exact) mass is 480 g/mol. The van der Waals surface area contributed by atoms with Gasteiger partial charge >= 0.3 is 0 Å². The molecule has 0 unspecified atom stereocenters. The first-order valence-corrected chi connectivity index (χ1v) is 12.4. The van der Waals surface area contributed by atoms with Gasteiger partial charge in [-0.2, -0.15) is 4.31 Å². The fraction of sp³-hybridized carbons (Fsp3) is 0.435. The van der Waals surface area contributed by atoms with Crippen LogP contribution in [-0.2, 0) is 14.8 Å². The van der Waals surface area contributed by atoms with Gasteiger partial charge in [-0.1, -0.05) is 23.7 Å². The molecule has 1 amide bonds. The summed E-state index contributed by atoms with van der Waals surface area (Å²) in [5.74, 6) is 0.613. The van der Waals surface area contributed by atoms with E-state index < -0.39 is 15.9 Å².